The van der Waals surface area contributed by atoms with Gasteiger partial charge >= 0.3 is 11.9 Å². The Kier molecular flexibility index (Phi) is 9.53. The second-order valence-electron chi connectivity index (χ2n) is 7.54. The zero-order valence-corrected chi connectivity index (χ0v) is 18.5. The van der Waals surface area contributed by atoms with Crippen molar-refractivity contribution < 1.29 is 41.9 Å². The Morgan fingerprint density at radius 1 is 1.26 bits per heavy atom. The van der Waals surface area contributed by atoms with Crippen LogP contribution in [0.1, 0.15) is 44.0 Å². The van der Waals surface area contributed by atoms with Gasteiger partial charge in [-0.25, -0.2) is 9.59 Å². The summed E-state index contributed by atoms with van der Waals surface area (Å²) in [5.74, 6) is -3.04. The molecule has 0 spiro atoms. The molecule has 11 nitrogen and oxygen atoms in total. The first kappa shape index (κ1) is 26.5. The van der Waals surface area contributed by atoms with Crippen LogP contribution in [-0.4, -0.2) is 72.6 Å². The average molecular weight is 461 g/mol. The average Bonchev–Trinajstić information content (AvgIpc) is 2.70. The lowest BCUT2D eigenvalue weighted by atomic mass is 9.73. The van der Waals surface area contributed by atoms with Gasteiger partial charge in [0.05, 0.1) is 24.5 Å². The number of carboxylic acids is 1. The molecule has 1 amide bonds. The zero-order valence-electron chi connectivity index (χ0n) is 17.7. The first-order valence-electron chi connectivity index (χ1n) is 9.45. The van der Waals surface area contributed by atoms with Crippen LogP contribution in [0, 0.1) is 5.41 Å². The fourth-order valence-electron chi connectivity index (χ4n) is 2.52. The van der Waals surface area contributed by atoms with Gasteiger partial charge in [0.2, 0.25) is 5.91 Å². The van der Waals surface area contributed by atoms with E-state index in [9.17, 15) is 33.0 Å². The van der Waals surface area contributed by atoms with E-state index in [1.807, 2.05) is 0 Å². The van der Waals surface area contributed by atoms with E-state index in [0.717, 1.165) is 0 Å². The summed E-state index contributed by atoms with van der Waals surface area (Å²) in [4.78, 5) is 38.3. The summed E-state index contributed by atoms with van der Waals surface area (Å²) in [5, 5.41) is 22.8. The van der Waals surface area contributed by atoms with Crippen molar-refractivity contribution in [2.24, 2.45) is 5.41 Å². The molecule has 0 saturated heterocycles. The normalized spacial score (nSPS) is 13.8. The van der Waals surface area contributed by atoms with Gasteiger partial charge in [0.1, 0.15) is 0 Å². The summed E-state index contributed by atoms with van der Waals surface area (Å²) in [7, 11) is -4.02. The second kappa shape index (κ2) is 11.2. The molecule has 3 N–H and O–H groups in total. The Bertz CT molecular complexity index is 872. The molecule has 1 atom stereocenters. The van der Waals surface area contributed by atoms with E-state index in [-0.39, 0.29) is 24.4 Å². The molecule has 0 aliphatic rings. The molecule has 1 aromatic heterocycles. The molecule has 0 radical (unpaired) electrons. The number of carboxylic acid groups (broad SMARTS) is 1. The van der Waals surface area contributed by atoms with Crippen molar-refractivity contribution in [3.05, 3.63) is 30.1 Å². The molecule has 0 aliphatic carbocycles. The number of rotatable bonds is 13. The summed E-state index contributed by atoms with van der Waals surface area (Å²) in [5.41, 5.74) is -3.83. The van der Waals surface area contributed by atoms with Gasteiger partial charge in [-0.1, -0.05) is 13.8 Å². The summed E-state index contributed by atoms with van der Waals surface area (Å²) < 4.78 is 34.0. The monoisotopic (exact) mass is 460 g/mol. The first-order valence-corrected chi connectivity index (χ1v) is 11.0. The number of aromatic nitrogens is 1. The molecule has 0 bridgehead atoms. The lowest BCUT2D eigenvalue weighted by Crippen LogP contribution is -2.54. The van der Waals surface area contributed by atoms with Crippen molar-refractivity contribution >= 4 is 28.0 Å². The molecule has 0 aromatic carbocycles. The standard InChI is InChI=1S/C19H28N2O9S/c1-14(22)21-9-5-11-31(27,28)30-13-18(2,3)19(26,17(24)25)7-10-29-16(23)15-6-4-8-20-12-15/h4,6,8,12,26H,5,7,9-11,13H2,1-3H3,(H,21,22)(H,24,25)/t19-/m0/s1. The minimum absolute atomic E-state index is 0.107. The van der Waals surface area contributed by atoms with E-state index in [0.29, 0.717) is 0 Å². The molecule has 174 valence electrons. The SMILES string of the molecule is CC(=O)NCCCS(=O)(=O)OCC(C)(C)[C@](O)(CCOC(=O)c1cccnc1)C(=O)O. The van der Waals surface area contributed by atoms with Crippen LogP contribution in [0.5, 0.6) is 0 Å². The van der Waals surface area contributed by atoms with Gasteiger partial charge in [0, 0.05) is 37.7 Å². The summed E-state index contributed by atoms with van der Waals surface area (Å²) in [6.07, 6.45) is 2.36. The number of aliphatic hydroxyl groups is 1. The third-order valence-electron chi connectivity index (χ3n) is 4.61. The van der Waals surface area contributed by atoms with Gasteiger partial charge in [-0.15, -0.1) is 0 Å². The molecule has 0 aliphatic heterocycles. The van der Waals surface area contributed by atoms with Crippen molar-refractivity contribution in [3.8, 4) is 0 Å². The maximum atomic E-state index is 12.0. The van der Waals surface area contributed by atoms with E-state index in [4.69, 9.17) is 8.92 Å². The summed E-state index contributed by atoms with van der Waals surface area (Å²) >= 11 is 0. The zero-order chi connectivity index (χ0) is 23.7. The van der Waals surface area contributed by atoms with E-state index in [1.165, 1.54) is 45.3 Å². The Labute approximate surface area is 180 Å². The molecular formula is C19H28N2O9S. The number of ether oxygens (including phenoxy) is 1. The van der Waals surface area contributed by atoms with E-state index < -0.39 is 58.5 Å². The van der Waals surface area contributed by atoms with Crippen LogP contribution in [0.3, 0.4) is 0 Å². The quantitative estimate of drug-likeness (QED) is 0.212. The minimum atomic E-state index is -4.02. The van der Waals surface area contributed by atoms with Crippen molar-refractivity contribution in [2.75, 3.05) is 25.5 Å². The van der Waals surface area contributed by atoms with Crippen LogP contribution in [0.2, 0.25) is 0 Å². The molecule has 1 aromatic rings. The number of pyridine rings is 1. The number of nitrogens with one attached hydrogen (secondary N) is 1. The molecule has 0 unspecified atom stereocenters. The van der Waals surface area contributed by atoms with Crippen molar-refractivity contribution in [1.82, 2.24) is 10.3 Å². The second-order valence-corrected chi connectivity index (χ2v) is 9.30. The van der Waals surface area contributed by atoms with Crippen LogP contribution in [0.25, 0.3) is 0 Å². The van der Waals surface area contributed by atoms with Crippen LogP contribution in [0.4, 0.5) is 0 Å². The maximum absolute atomic E-state index is 12.0. The number of esters is 1. The molecular weight excluding hydrogens is 432 g/mol. The number of carbonyl (C=O) groups is 3. The third kappa shape index (κ3) is 8.23. The molecule has 1 heterocycles. The van der Waals surface area contributed by atoms with E-state index in [1.54, 1.807) is 0 Å². The van der Waals surface area contributed by atoms with Gasteiger partial charge in [-0.05, 0) is 18.6 Å². The molecule has 31 heavy (non-hydrogen) atoms. The number of amides is 1. The van der Waals surface area contributed by atoms with Gasteiger partial charge in [0.15, 0.2) is 5.60 Å². The smallest absolute Gasteiger partial charge is 0.339 e. The topological polar surface area (TPSA) is 169 Å². The highest BCUT2D eigenvalue weighted by atomic mass is 32.2. The summed E-state index contributed by atoms with van der Waals surface area (Å²) in [6.45, 7) is 3.06. The van der Waals surface area contributed by atoms with Crippen LogP contribution in [-0.2, 0) is 28.6 Å². The van der Waals surface area contributed by atoms with Crippen molar-refractivity contribution in [1.29, 1.82) is 0 Å². The number of carbonyl (C=O) groups excluding carboxylic acids is 2. The number of hydrogen-bond acceptors (Lipinski definition) is 9. The molecule has 12 heteroatoms. The van der Waals surface area contributed by atoms with Crippen molar-refractivity contribution in [3.63, 3.8) is 0 Å². The molecule has 0 saturated carbocycles. The largest absolute Gasteiger partial charge is 0.479 e. The predicted octanol–water partition coefficient (Wildman–Crippen LogP) is 0.343. The highest BCUT2D eigenvalue weighted by Crippen LogP contribution is 2.35. The van der Waals surface area contributed by atoms with Gasteiger partial charge in [-0.2, -0.15) is 8.42 Å². The minimum Gasteiger partial charge on any atom is -0.479 e. The predicted molar refractivity (Wildman–Crippen MR) is 109 cm³/mol. The fraction of sp³-hybridized carbons (Fsp3) is 0.579. The third-order valence-corrected chi connectivity index (χ3v) is 5.88. The highest BCUT2D eigenvalue weighted by molar-refractivity contribution is 7.86. The molecule has 1 rings (SSSR count). The summed E-state index contributed by atoms with van der Waals surface area (Å²) in [6, 6.07) is 2.99. The Hall–Kier alpha value is -2.57. The lowest BCUT2D eigenvalue weighted by Gasteiger charge is -2.38. The van der Waals surface area contributed by atoms with Gasteiger partial charge in [0.25, 0.3) is 10.1 Å². The fourth-order valence-corrected chi connectivity index (χ4v) is 3.61. The number of hydrogen-bond donors (Lipinski definition) is 3. The van der Waals surface area contributed by atoms with Gasteiger partial charge < -0.3 is 20.3 Å². The molecule has 0 fully saturated rings. The highest BCUT2D eigenvalue weighted by Gasteiger charge is 2.50. The van der Waals surface area contributed by atoms with E-state index in [2.05, 4.69) is 10.3 Å². The van der Waals surface area contributed by atoms with Crippen LogP contribution < -0.4 is 5.32 Å². The van der Waals surface area contributed by atoms with E-state index >= 15 is 0 Å². The van der Waals surface area contributed by atoms with Crippen LogP contribution in [0.15, 0.2) is 24.5 Å². The number of nitrogens with zero attached hydrogens (tertiary/aromatic N) is 1. The van der Waals surface area contributed by atoms with Crippen molar-refractivity contribution in [2.45, 2.75) is 39.2 Å². The van der Waals surface area contributed by atoms with Crippen LogP contribution >= 0.6 is 0 Å². The van der Waals surface area contributed by atoms with Gasteiger partial charge in [-0.3, -0.25) is 14.0 Å². The lowest BCUT2D eigenvalue weighted by molar-refractivity contribution is -0.178. The first-order chi connectivity index (χ1) is 14.3. The Morgan fingerprint density at radius 3 is 2.48 bits per heavy atom. The Morgan fingerprint density at radius 2 is 1.94 bits per heavy atom. The Balaban J connectivity index is 2.69. The maximum Gasteiger partial charge on any atom is 0.339 e. The number of aliphatic carboxylic acids is 1.